The van der Waals surface area contributed by atoms with Crippen LogP contribution in [0.2, 0.25) is 0 Å². The lowest BCUT2D eigenvalue weighted by Gasteiger charge is -2.03. The second kappa shape index (κ2) is 4.95. The second-order valence-electron chi connectivity index (χ2n) is 3.96. The molecule has 0 spiro atoms. The molecule has 88 valence electrons. The van der Waals surface area contributed by atoms with Gasteiger partial charge in [-0.05, 0) is 33.4 Å². The van der Waals surface area contributed by atoms with Gasteiger partial charge in [-0.3, -0.25) is 4.40 Å². The largest absolute Gasteiger partial charge is 0.330 e. The van der Waals surface area contributed by atoms with Gasteiger partial charge < -0.3 is 11.1 Å². The van der Waals surface area contributed by atoms with Gasteiger partial charge in [-0.15, -0.1) is 11.3 Å². The lowest BCUT2D eigenvalue weighted by molar-refractivity contribution is 0.641. The number of nitrogens with zero attached hydrogens (tertiary/aromatic N) is 2. The monoisotopic (exact) mass is 238 g/mol. The Bertz CT molecular complexity index is 471. The summed E-state index contributed by atoms with van der Waals surface area (Å²) in [5, 5.41) is 3.39. The summed E-state index contributed by atoms with van der Waals surface area (Å²) in [7, 11) is 0. The first-order valence-corrected chi connectivity index (χ1v) is 6.38. The highest BCUT2D eigenvalue weighted by molar-refractivity contribution is 7.17. The van der Waals surface area contributed by atoms with Crippen molar-refractivity contribution in [3.63, 3.8) is 0 Å². The number of rotatable bonds is 5. The van der Waals surface area contributed by atoms with Crippen molar-refractivity contribution < 1.29 is 0 Å². The van der Waals surface area contributed by atoms with Gasteiger partial charge in [-0.1, -0.05) is 0 Å². The van der Waals surface area contributed by atoms with E-state index in [-0.39, 0.29) is 0 Å². The number of nitrogens with one attached hydrogen (secondary N) is 1. The summed E-state index contributed by atoms with van der Waals surface area (Å²) in [6, 6.07) is 0. The molecular weight excluding hydrogens is 220 g/mol. The zero-order valence-electron chi connectivity index (χ0n) is 9.79. The molecule has 0 atom stereocenters. The third-order valence-electron chi connectivity index (χ3n) is 2.59. The van der Waals surface area contributed by atoms with Crippen LogP contribution in [0.5, 0.6) is 0 Å². The summed E-state index contributed by atoms with van der Waals surface area (Å²) in [6.07, 6.45) is 3.17. The van der Waals surface area contributed by atoms with E-state index >= 15 is 0 Å². The van der Waals surface area contributed by atoms with E-state index in [0.29, 0.717) is 0 Å². The quantitative estimate of drug-likeness (QED) is 0.775. The molecule has 0 aliphatic rings. The molecule has 0 aliphatic heterocycles. The number of aryl methyl sites for hydroxylation is 2. The maximum absolute atomic E-state index is 5.46. The number of nitrogens with two attached hydrogens (primary N) is 1. The third-order valence-corrected chi connectivity index (χ3v) is 3.49. The van der Waals surface area contributed by atoms with Crippen LogP contribution >= 0.6 is 11.3 Å². The van der Waals surface area contributed by atoms with E-state index in [2.05, 4.69) is 34.7 Å². The number of imidazole rings is 1. The van der Waals surface area contributed by atoms with E-state index in [1.165, 1.54) is 10.6 Å². The summed E-state index contributed by atoms with van der Waals surface area (Å²) in [5.41, 5.74) is 7.83. The highest BCUT2D eigenvalue weighted by atomic mass is 32.1. The molecule has 2 rings (SSSR count). The molecule has 0 radical (unpaired) electrons. The number of thiazole rings is 1. The number of aromatic nitrogens is 2. The van der Waals surface area contributed by atoms with Gasteiger partial charge in [0.2, 0.25) is 0 Å². The Morgan fingerprint density at radius 3 is 3.06 bits per heavy atom. The molecule has 2 heterocycles. The van der Waals surface area contributed by atoms with Crippen LogP contribution in [0.15, 0.2) is 6.20 Å². The number of hydrogen-bond acceptors (Lipinski definition) is 4. The van der Waals surface area contributed by atoms with Crippen LogP contribution in [0.1, 0.15) is 22.7 Å². The fourth-order valence-electron chi connectivity index (χ4n) is 1.76. The SMILES string of the molecule is Cc1cn2c(CNCCCN)c(C)nc2s1. The summed E-state index contributed by atoms with van der Waals surface area (Å²) < 4.78 is 2.19. The normalized spacial score (nSPS) is 11.4. The standard InChI is InChI=1S/C11H18N4S/c1-8-7-15-10(6-13-5-3-4-12)9(2)14-11(15)16-8/h7,13H,3-6,12H2,1-2H3. The number of fused-ring (bicyclic) bond motifs is 1. The van der Waals surface area contributed by atoms with Crippen molar-refractivity contribution in [1.29, 1.82) is 0 Å². The Kier molecular flexibility index (Phi) is 3.58. The highest BCUT2D eigenvalue weighted by Gasteiger charge is 2.09. The average molecular weight is 238 g/mol. The predicted molar refractivity (Wildman–Crippen MR) is 67.9 cm³/mol. The highest BCUT2D eigenvalue weighted by Crippen LogP contribution is 2.20. The van der Waals surface area contributed by atoms with Crippen molar-refractivity contribution in [3.8, 4) is 0 Å². The maximum atomic E-state index is 5.46. The predicted octanol–water partition coefficient (Wildman–Crippen LogP) is 1.45. The zero-order chi connectivity index (χ0) is 11.5. The van der Waals surface area contributed by atoms with Crippen molar-refractivity contribution in [2.24, 2.45) is 5.73 Å². The van der Waals surface area contributed by atoms with Crippen molar-refractivity contribution in [2.75, 3.05) is 13.1 Å². The summed E-state index contributed by atoms with van der Waals surface area (Å²) in [6.45, 7) is 6.75. The molecule has 0 amide bonds. The molecule has 0 fully saturated rings. The Hall–Kier alpha value is -0.910. The second-order valence-corrected chi connectivity index (χ2v) is 5.17. The Labute approximate surface area is 99.5 Å². The van der Waals surface area contributed by atoms with E-state index < -0.39 is 0 Å². The van der Waals surface area contributed by atoms with Gasteiger partial charge in [0.25, 0.3) is 0 Å². The van der Waals surface area contributed by atoms with Gasteiger partial charge in [0.1, 0.15) is 0 Å². The van der Waals surface area contributed by atoms with E-state index in [0.717, 1.165) is 36.7 Å². The topological polar surface area (TPSA) is 55.3 Å². The molecule has 2 aromatic rings. The Morgan fingerprint density at radius 1 is 1.50 bits per heavy atom. The molecular formula is C11H18N4S. The van der Waals surface area contributed by atoms with Crippen LogP contribution in [0.4, 0.5) is 0 Å². The zero-order valence-corrected chi connectivity index (χ0v) is 10.6. The summed E-state index contributed by atoms with van der Waals surface area (Å²) >= 11 is 1.73. The summed E-state index contributed by atoms with van der Waals surface area (Å²) in [5.74, 6) is 0. The fourth-order valence-corrected chi connectivity index (χ4v) is 2.65. The molecule has 0 bridgehead atoms. The van der Waals surface area contributed by atoms with Crippen LogP contribution in [-0.4, -0.2) is 22.5 Å². The van der Waals surface area contributed by atoms with Gasteiger partial charge in [0.05, 0.1) is 11.4 Å². The molecule has 0 saturated carbocycles. The van der Waals surface area contributed by atoms with Crippen molar-refractivity contribution >= 4 is 16.3 Å². The van der Waals surface area contributed by atoms with Crippen LogP contribution in [-0.2, 0) is 6.54 Å². The van der Waals surface area contributed by atoms with E-state index in [1.807, 2.05) is 0 Å². The van der Waals surface area contributed by atoms with E-state index in [4.69, 9.17) is 5.73 Å². The molecule has 0 unspecified atom stereocenters. The van der Waals surface area contributed by atoms with Crippen LogP contribution in [0, 0.1) is 13.8 Å². The molecule has 2 aromatic heterocycles. The lowest BCUT2D eigenvalue weighted by atomic mass is 10.3. The minimum Gasteiger partial charge on any atom is -0.330 e. The number of hydrogen-bond donors (Lipinski definition) is 2. The van der Waals surface area contributed by atoms with Crippen molar-refractivity contribution in [1.82, 2.24) is 14.7 Å². The molecule has 0 aromatic carbocycles. The molecule has 16 heavy (non-hydrogen) atoms. The van der Waals surface area contributed by atoms with Crippen LogP contribution < -0.4 is 11.1 Å². The summed E-state index contributed by atoms with van der Waals surface area (Å²) in [4.78, 5) is 6.94. The first kappa shape index (κ1) is 11.6. The molecule has 5 heteroatoms. The Balaban J connectivity index is 2.12. The molecule has 0 aliphatic carbocycles. The first-order chi connectivity index (χ1) is 7.72. The van der Waals surface area contributed by atoms with Gasteiger partial charge in [-0.2, -0.15) is 0 Å². The van der Waals surface area contributed by atoms with Crippen LogP contribution in [0.3, 0.4) is 0 Å². The minimum atomic E-state index is 0.741. The van der Waals surface area contributed by atoms with Gasteiger partial charge in [-0.25, -0.2) is 4.98 Å². The molecule has 3 N–H and O–H groups in total. The smallest absolute Gasteiger partial charge is 0.194 e. The van der Waals surface area contributed by atoms with Gasteiger partial charge in [0, 0.05) is 17.6 Å². The van der Waals surface area contributed by atoms with E-state index in [9.17, 15) is 0 Å². The Morgan fingerprint density at radius 2 is 2.31 bits per heavy atom. The fraction of sp³-hybridized carbons (Fsp3) is 0.545. The third kappa shape index (κ3) is 2.26. The lowest BCUT2D eigenvalue weighted by Crippen LogP contribution is -2.19. The van der Waals surface area contributed by atoms with Crippen molar-refractivity contribution in [3.05, 3.63) is 22.5 Å². The van der Waals surface area contributed by atoms with Crippen molar-refractivity contribution in [2.45, 2.75) is 26.8 Å². The maximum Gasteiger partial charge on any atom is 0.194 e. The van der Waals surface area contributed by atoms with E-state index in [1.54, 1.807) is 11.3 Å². The van der Waals surface area contributed by atoms with Gasteiger partial charge >= 0.3 is 0 Å². The first-order valence-electron chi connectivity index (χ1n) is 5.57. The molecule has 0 saturated heterocycles. The minimum absolute atomic E-state index is 0.741. The average Bonchev–Trinajstić information content (AvgIpc) is 2.70. The van der Waals surface area contributed by atoms with Crippen LogP contribution in [0.25, 0.3) is 4.96 Å². The molecule has 4 nitrogen and oxygen atoms in total. The van der Waals surface area contributed by atoms with Gasteiger partial charge in [0.15, 0.2) is 4.96 Å².